The molecule has 30 heavy (non-hydrogen) atoms. The zero-order chi connectivity index (χ0) is 21.3. The monoisotopic (exact) mass is 410 g/mol. The van der Waals surface area contributed by atoms with Gasteiger partial charge >= 0.3 is 5.97 Å². The molecule has 6 nitrogen and oxygen atoms in total. The van der Waals surface area contributed by atoms with Crippen molar-refractivity contribution in [2.75, 3.05) is 19.7 Å². The number of nitrogens with zero attached hydrogens (tertiary/aromatic N) is 1. The van der Waals surface area contributed by atoms with Gasteiger partial charge in [0.2, 0.25) is 5.91 Å². The molecule has 1 saturated heterocycles. The third-order valence-electron chi connectivity index (χ3n) is 5.59. The maximum atomic E-state index is 13.1. The summed E-state index contributed by atoms with van der Waals surface area (Å²) in [4.78, 5) is 26.3. The lowest BCUT2D eigenvalue weighted by atomic mass is 9.99. The summed E-state index contributed by atoms with van der Waals surface area (Å²) in [6, 6.07) is 16.1. The number of para-hydroxylation sites is 1. The molecule has 1 aliphatic rings. The van der Waals surface area contributed by atoms with Gasteiger partial charge in [-0.1, -0.05) is 43.7 Å². The van der Waals surface area contributed by atoms with Crippen molar-refractivity contribution < 1.29 is 19.4 Å². The van der Waals surface area contributed by atoms with E-state index in [1.54, 1.807) is 24.3 Å². The summed E-state index contributed by atoms with van der Waals surface area (Å²) < 4.78 is 5.82. The predicted molar refractivity (Wildman–Crippen MR) is 116 cm³/mol. The zero-order valence-electron chi connectivity index (χ0n) is 17.4. The second kappa shape index (κ2) is 10.8. The van der Waals surface area contributed by atoms with Crippen molar-refractivity contribution in [2.45, 2.75) is 44.7 Å². The number of carbonyl (C=O) groups excluding carboxylic acids is 1. The van der Waals surface area contributed by atoms with Crippen LogP contribution >= 0.6 is 0 Å². The average molecular weight is 411 g/mol. The second-order valence-electron chi connectivity index (χ2n) is 7.61. The Hall–Kier alpha value is -2.86. The molecule has 160 valence electrons. The van der Waals surface area contributed by atoms with Crippen molar-refractivity contribution in [3.63, 3.8) is 0 Å². The van der Waals surface area contributed by atoms with Crippen LogP contribution in [0.3, 0.4) is 0 Å². The quantitative estimate of drug-likeness (QED) is 0.656. The van der Waals surface area contributed by atoms with Crippen LogP contribution in [0.4, 0.5) is 0 Å². The first-order valence-corrected chi connectivity index (χ1v) is 10.6. The van der Waals surface area contributed by atoms with E-state index >= 15 is 0 Å². The molecule has 1 heterocycles. The number of piperidine rings is 1. The van der Waals surface area contributed by atoms with E-state index in [9.17, 15) is 9.59 Å². The molecule has 0 radical (unpaired) electrons. The van der Waals surface area contributed by atoms with E-state index in [0.717, 1.165) is 43.5 Å². The second-order valence-corrected chi connectivity index (χ2v) is 7.61. The Bertz CT molecular complexity index is 823. The summed E-state index contributed by atoms with van der Waals surface area (Å²) in [7, 11) is 0. The van der Waals surface area contributed by atoms with Gasteiger partial charge in [-0.25, -0.2) is 4.79 Å². The van der Waals surface area contributed by atoms with Crippen molar-refractivity contribution in [2.24, 2.45) is 0 Å². The lowest BCUT2D eigenvalue weighted by Gasteiger charge is -2.35. The van der Waals surface area contributed by atoms with E-state index in [1.165, 1.54) is 0 Å². The van der Waals surface area contributed by atoms with Crippen molar-refractivity contribution in [1.82, 2.24) is 10.2 Å². The van der Waals surface area contributed by atoms with Crippen LogP contribution in [0.25, 0.3) is 0 Å². The Labute approximate surface area is 177 Å². The molecule has 2 aromatic carbocycles. The minimum Gasteiger partial charge on any atom is -0.492 e. The first-order chi connectivity index (χ1) is 14.6. The molecule has 2 atom stereocenters. The molecule has 0 unspecified atom stereocenters. The molecule has 2 aromatic rings. The van der Waals surface area contributed by atoms with E-state index in [-0.39, 0.29) is 23.6 Å². The standard InChI is InChI=1S/C24H30N2O4/c1-2-21(18-11-13-19(14-12-18)24(28)29)25-23(27)22-10-6-7-15-26(22)16-17-30-20-8-4-3-5-9-20/h3-5,8-9,11-14,21-22H,2,6-7,10,15-17H2,1H3,(H,25,27)(H,28,29)/t21-,22+/m0/s1. The molecule has 0 bridgehead atoms. The summed E-state index contributed by atoms with van der Waals surface area (Å²) in [5.74, 6) is -0.0795. The molecule has 1 amide bonds. The van der Waals surface area contributed by atoms with Gasteiger partial charge in [-0.15, -0.1) is 0 Å². The van der Waals surface area contributed by atoms with Gasteiger partial charge in [0.1, 0.15) is 12.4 Å². The molecule has 0 aromatic heterocycles. The molecule has 1 aliphatic heterocycles. The number of nitrogens with one attached hydrogen (secondary N) is 1. The van der Waals surface area contributed by atoms with Crippen LogP contribution in [0.1, 0.15) is 54.6 Å². The fourth-order valence-corrected chi connectivity index (χ4v) is 3.90. The van der Waals surface area contributed by atoms with Crippen LogP contribution in [0.2, 0.25) is 0 Å². The van der Waals surface area contributed by atoms with Crippen molar-refractivity contribution in [3.8, 4) is 5.75 Å². The molecule has 0 saturated carbocycles. The SMILES string of the molecule is CC[C@H](NC(=O)[C@H]1CCCCN1CCOc1ccccc1)c1ccc(C(=O)O)cc1. The van der Waals surface area contributed by atoms with E-state index in [0.29, 0.717) is 13.2 Å². The predicted octanol–water partition coefficient (Wildman–Crippen LogP) is 3.89. The fraction of sp³-hybridized carbons (Fsp3) is 0.417. The molecule has 0 spiro atoms. The van der Waals surface area contributed by atoms with Gasteiger partial charge in [-0.05, 0) is 55.6 Å². The van der Waals surface area contributed by atoms with E-state index in [4.69, 9.17) is 9.84 Å². The van der Waals surface area contributed by atoms with E-state index < -0.39 is 5.97 Å². The number of amides is 1. The van der Waals surface area contributed by atoms with E-state index in [2.05, 4.69) is 10.2 Å². The van der Waals surface area contributed by atoms with Crippen molar-refractivity contribution in [3.05, 3.63) is 65.7 Å². The number of hydrogen-bond acceptors (Lipinski definition) is 4. The number of carbonyl (C=O) groups is 2. The summed E-state index contributed by atoms with van der Waals surface area (Å²) in [5, 5.41) is 12.2. The topological polar surface area (TPSA) is 78.9 Å². The van der Waals surface area contributed by atoms with Crippen LogP contribution < -0.4 is 10.1 Å². The number of likely N-dealkylation sites (tertiary alicyclic amines) is 1. The van der Waals surface area contributed by atoms with E-state index in [1.807, 2.05) is 37.3 Å². The Morgan fingerprint density at radius 3 is 2.53 bits per heavy atom. The third kappa shape index (κ3) is 5.83. The molecular formula is C24H30N2O4. The first-order valence-electron chi connectivity index (χ1n) is 10.6. The molecule has 2 N–H and O–H groups in total. The minimum atomic E-state index is -0.950. The highest BCUT2D eigenvalue weighted by molar-refractivity contribution is 5.87. The largest absolute Gasteiger partial charge is 0.492 e. The van der Waals surface area contributed by atoms with Crippen LogP contribution in [-0.2, 0) is 4.79 Å². The summed E-state index contributed by atoms with van der Waals surface area (Å²) in [6.45, 7) is 4.15. The van der Waals surface area contributed by atoms with Crippen molar-refractivity contribution >= 4 is 11.9 Å². The lowest BCUT2D eigenvalue weighted by Crippen LogP contribution is -2.51. The van der Waals surface area contributed by atoms with Gasteiger partial charge in [-0.3, -0.25) is 9.69 Å². The summed E-state index contributed by atoms with van der Waals surface area (Å²) in [5.41, 5.74) is 1.17. The number of aromatic carboxylic acids is 1. The third-order valence-corrected chi connectivity index (χ3v) is 5.59. The number of hydrogen-bond donors (Lipinski definition) is 2. The van der Waals surface area contributed by atoms with Crippen LogP contribution in [0.15, 0.2) is 54.6 Å². The average Bonchev–Trinajstić information content (AvgIpc) is 2.78. The number of carboxylic acids is 1. The van der Waals surface area contributed by atoms with Gasteiger partial charge in [0, 0.05) is 6.54 Å². The maximum absolute atomic E-state index is 13.1. The number of benzene rings is 2. The lowest BCUT2D eigenvalue weighted by molar-refractivity contribution is -0.128. The Balaban J connectivity index is 1.58. The van der Waals surface area contributed by atoms with Gasteiger partial charge in [0.05, 0.1) is 17.6 Å². The van der Waals surface area contributed by atoms with Crippen LogP contribution in [0.5, 0.6) is 5.75 Å². The van der Waals surface area contributed by atoms with Crippen LogP contribution in [-0.4, -0.2) is 47.6 Å². The summed E-state index contributed by atoms with van der Waals surface area (Å²) in [6.07, 6.45) is 3.70. The molecule has 0 aliphatic carbocycles. The molecule has 6 heteroatoms. The minimum absolute atomic E-state index is 0.0311. The highest BCUT2D eigenvalue weighted by Crippen LogP contribution is 2.21. The van der Waals surface area contributed by atoms with Crippen LogP contribution in [0, 0.1) is 0 Å². The Morgan fingerprint density at radius 2 is 1.87 bits per heavy atom. The fourth-order valence-electron chi connectivity index (χ4n) is 3.90. The number of carboxylic acid groups (broad SMARTS) is 1. The highest BCUT2D eigenvalue weighted by atomic mass is 16.5. The zero-order valence-corrected chi connectivity index (χ0v) is 17.4. The van der Waals surface area contributed by atoms with Gasteiger partial charge in [0.25, 0.3) is 0 Å². The first kappa shape index (κ1) is 21.8. The normalized spacial score (nSPS) is 17.8. The molecule has 3 rings (SSSR count). The Kier molecular flexibility index (Phi) is 7.85. The smallest absolute Gasteiger partial charge is 0.335 e. The van der Waals surface area contributed by atoms with Gasteiger partial charge < -0.3 is 15.2 Å². The molecule has 1 fully saturated rings. The van der Waals surface area contributed by atoms with Gasteiger partial charge in [-0.2, -0.15) is 0 Å². The Morgan fingerprint density at radius 1 is 1.13 bits per heavy atom. The number of ether oxygens (including phenoxy) is 1. The maximum Gasteiger partial charge on any atom is 0.335 e. The van der Waals surface area contributed by atoms with Gasteiger partial charge in [0.15, 0.2) is 0 Å². The molecular weight excluding hydrogens is 380 g/mol. The van der Waals surface area contributed by atoms with Crippen molar-refractivity contribution in [1.29, 1.82) is 0 Å². The number of rotatable bonds is 9. The highest BCUT2D eigenvalue weighted by Gasteiger charge is 2.29. The summed E-state index contributed by atoms with van der Waals surface area (Å²) >= 11 is 0.